The molecule has 0 fully saturated rings. The van der Waals surface area contributed by atoms with Crippen molar-refractivity contribution in [3.63, 3.8) is 0 Å². The summed E-state index contributed by atoms with van der Waals surface area (Å²) in [5, 5.41) is 0. The lowest BCUT2D eigenvalue weighted by molar-refractivity contribution is 0.324. The van der Waals surface area contributed by atoms with Gasteiger partial charge in [0.2, 0.25) is 5.75 Å². The number of hydrogen-bond acceptors (Lipinski definition) is 6. The van der Waals surface area contributed by atoms with Gasteiger partial charge >= 0.3 is 0 Å². The molecule has 0 radical (unpaired) electrons. The molecule has 1 heterocycles. The van der Waals surface area contributed by atoms with Crippen molar-refractivity contribution < 1.29 is 14.2 Å². The SMILES string of the molecule is COc1cc(-c2nc3ccccc3nc2-c2ccc(N)cc2)cc(OC)c1OC. The predicted octanol–water partition coefficient (Wildman–Crippen LogP) is 4.57. The average molecular weight is 387 g/mol. The third-order valence-corrected chi connectivity index (χ3v) is 4.69. The Labute approximate surface area is 168 Å². The molecule has 0 amide bonds. The van der Waals surface area contributed by atoms with Crippen molar-refractivity contribution in [2.75, 3.05) is 27.1 Å². The van der Waals surface area contributed by atoms with Crippen LogP contribution in [0.1, 0.15) is 0 Å². The van der Waals surface area contributed by atoms with Gasteiger partial charge in [0, 0.05) is 16.8 Å². The first-order valence-electron chi connectivity index (χ1n) is 9.07. The zero-order chi connectivity index (χ0) is 20.4. The van der Waals surface area contributed by atoms with E-state index in [9.17, 15) is 0 Å². The van der Waals surface area contributed by atoms with E-state index in [1.54, 1.807) is 21.3 Å². The fraction of sp³-hybridized carbons (Fsp3) is 0.130. The van der Waals surface area contributed by atoms with Gasteiger partial charge in [0.15, 0.2) is 11.5 Å². The van der Waals surface area contributed by atoms with Gasteiger partial charge in [-0.25, -0.2) is 9.97 Å². The van der Waals surface area contributed by atoms with Gasteiger partial charge in [0.05, 0.1) is 43.8 Å². The summed E-state index contributed by atoms with van der Waals surface area (Å²) in [6, 6.07) is 19.1. The number of methoxy groups -OCH3 is 3. The summed E-state index contributed by atoms with van der Waals surface area (Å²) in [7, 11) is 4.76. The molecule has 4 rings (SSSR count). The Hall–Kier alpha value is -3.80. The van der Waals surface area contributed by atoms with Gasteiger partial charge in [0.25, 0.3) is 0 Å². The Morgan fingerprint density at radius 3 is 1.66 bits per heavy atom. The average Bonchev–Trinajstić information content (AvgIpc) is 2.77. The predicted molar refractivity (Wildman–Crippen MR) is 114 cm³/mol. The van der Waals surface area contributed by atoms with E-state index in [2.05, 4.69) is 0 Å². The van der Waals surface area contributed by atoms with Gasteiger partial charge in [-0.2, -0.15) is 0 Å². The molecule has 0 saturated heterocycles. The fourth-order valence-electron chi connectivity index (χ4n) is 3.26. The van der Waals surface area contributed by atoms with E-state index < -0.39 is 0 Å². The van der Waals surface area contributed by atoms with Crippen molar-refractivity contribution >= 4 is 16.7 Å². The Morgan fingerprint density at radius 1 is 0.655 bits per heavy atom. The quantitative estimate of drug-likeness (QED) is 0.505. The first-order valence-corrected chi connectivity index (χ1v) is 9.07. The lowest BCUT2D eigenvalue weighted by Gasteiger charge is -2.16. The maximum absolute atomic E-state index is 5.87. The van der Waals surface area contributed by atoms with E-state index in [0.29, 0.717) is 28.6 Å². The van der Waals surface area contributed by atoms with Crippen molar-refractivity contribution in [3.05, 3.63) is 60.7 Å². The molecule has 0 saturated carbocycles. The number of benzene rings is 3. The Morgan fingerprint density at radius 2 is 1.17 bits per heavy atom. The highest BCUT2D eigenvalue weighted by Crippen LogP contribution is 2.42. The summed E-state index contributed by atoms with van der Waals surface area (Å²) >= 11 is 0. The number of ether oxygens (including phenoxy) is 3. The molecule has 3 aromatic carbocycles. The summed E-state index contributed by atoms with van der Waals surface area (Å²) < 4.78 is 16.5. The zero-order valence-corrected chi connectivity index (χ0v) is 16.5. The van der Waals surface area contributed by atoms with Crippen molar-refractivity contribution in [2.24, 2.45) is 0 Å². The van der Waals surface area contributed by atoms with Gasteiger partial charge in [-0.1, -0.05) is 24.3 Å². The molecular weight excluding hydrogens is 366 g/mol. The van der Waals surface area contributed by atoms with Crippen LogP contribution in [0.25, 0.3) is 33.5 Å². The number of nitrogens with zero attached hydrogens (tertiary/aromatic N) is 2. The molecular formula is C23H21N3O3. The van der Waals surface area contributed by atoms with Gasteiger partial charge in [0.1, 0.15) is 0 Å². The number of para-hydroxylation sites is 2. The standard InChI is InChI=1S/C23H21N3O3/c1-27-19-12-15(13-20(28-2)23(19)29-3)22-21(14-8-10-16(24)11-9-14)25-17-6-4-5-7-18(17)26-22/h4-13H,24H2,1-3H3. The number of anilines is 1. The second-order valence-electron chi connectivity index (χ2n) is 6.45. The topological polar surface area (TPSA) is 79.5 Å². The van der Waals surface area contributed by atoms with Crippen molar-refractivity contribution in [3.8, 4) is 39.8 Å². The molecule has 0 aliphatic heterocycles. The van der Waals surface area contributed by atoms with Crippen LogP contribution < -0.4 is 19.9 Å². The summed E-state index contributed by atoms with van der Waals surface area (Å²) in [4.78, 5) is 9.79. The van der Waals surface area contributed by atoms with Crippen LogP contribution in [0.5, 0.6) is 17.2 Å². The molecule has 4 aromatic rings. The van der Waals surface area contributed by atoms with Crippen LogP contribution in [0.4, 0.5) is 5.69 Å². The van der Waals surface area contributed by atoms with E-state index >= 15 is 0 Å². The largest absolute Gasteiger partial charge is 0.493 e. The van der Waals surface area contributed by atoms with E-state index in [1.165, 1.54) is 0 Å². The highest BCUT2D eigenvalue weighted by atomic mass is 16.5. The summed E-state index contributed by atoms with van der Waals surface area (Å²) in [5.74, 6) is 1.64. The van der Waals surface area contributed by atoms with Crippen LogP contribution in [0.15, 0.2) is 60.7 Å². The smallest absolute Gasteiger partial charge is 0.203 e. The molecule has 6 nitrogen and oxygen atoms in total. The zero-order valence-electron chi connectivity index (χ0n) is 16.5. The van der Waals surface area contributed by atoms with Crippen molar-refractivity contribution in [1.29, 1.82) is 0 Å². The van der Waals surface area contributed by atoms with Crippen LogP contribution in [0.2, 0.25) is 0 Å². The normalized spacial score (nSPS) is 10.7. The van der Waals surface area contributed by atoms with E-state index in [1.807, 2.05) is 60.7 Å². The van der Waals surface area contributed by atoms with Crippen LogP contribution in [0, 0.1) is 0 Å². The van der Waals surface area contributed by atoms with Crippen LogP contribution >= 0.6 is 0 Å². The number of nitrogens with two attached hydrogens (primary N) is 1. The van der Waals surface area contributed by atoms with Crippen LogP contribution in [-0.2, 0) is 0 Å². The lowest BCUT2D eigenvalue weighted by Crippen LogP contribution is -1.99. The molecule has 0 unspecified atom stereocenters. The van der Waals surface area contributed by atoms with Gasteiger partial charge in [-0.3, -0.25) is 0 Å². The molecule has 29 heavy (non-hydrogen) atoms. The molecule has 0 atom stereocenters. The molecule has 146 valence electrons. The highest BCUT2D eigenvalue weighted by molar-refractivity contribution is 5.87. The minimum absolute atomic E-state index is 0.529. The van der Waals surface area contributed by atoms with Crippen molar-refractivity contribution in [1.82, 2.24) is 9.97 Å². The second-order valence-corrected chi connectivity index (χ2v) is 6.45. The van der Waals surface area contributed by atoms with Gasteiger partial charge < -0.3 is 19.9 Å². The molecule has 0 spiro atoms. The van der Waals surface area contributed by atoms with Crippen molar-refractivity contribution in [2.45, 2.75) is 0 Å². The Balaban J connectivity index is 2.02. The molecule has 0 aliphatic carbocycles. The molecule has 0 bridgehead atoms. The first kappa shape index (κ1) is 18.6. The maximum atomic E-state index is 5.87. The molecule has 0 aliphatic rings. The van der Waals surface area contributed by atoms with E-state index in [-0.39, 0.29) is 0 Å². The second kappa shape index (κ2) is 7.67. The number of hydrogen-bond donors (Lipinski definition) is 1. The van der Waals surface area contributed by atoms with E-state index in [4.69, 9.17) is 29.9 Å². The molecule has 2 N–H and O–H groups in total. The molecule has 6 heteroatoms. The molecule has 1 aromatic heterocycles. The third-order valence-electron chi connectivity index (χ3n) is 4.69. The third kappa shape index (κ3) is 3.40. The first-order chi connectivity index (χ1) is 14.1. The van der Waals surface area contributed by atoms with Gasteiger partial charge in [-0.05, 0) is 36.4 Å². The monoisotopic (exact) mass is 387 g/mol. The Kier molecular flexibility index (Phi) is 4.91. The summed E-state index contributed by atoms with van der Waals surface area (Å²) in [5.41, 5.74) is 11.4. The lowest BCUT2D eigenvalue weighted by atomic mass is 10.0. The fourth-order valence-corrected chi connectivity index (χ4v) is 3.26. The number of nitrogen functional groups attached to an aromatic ring is 1. The van der Waals surface area contributed by atoms with Crippen LogP contribution in [-0.4, -0.2) is 31.3 Å². The van der Waals surface area contributed by atoms with Gasteiger partial charge in [-0.15, -0.1) is 0 Å². The van der Waals surface area contributed by atoms with Crippen LogP contribution in [0.3, 0.4) is 0 Å². The minimum atomic E-state index is 0.529. The minimum Gasteiger partial charge on any atom is -0.493 e. The highest BCUT2D eigenvalue weighted by Gasteiger charge is 2.19. The van der Waals surface area contributed by atoms with E-state index in [0.717, 1.165) is 27.9 Å². The summed E-state index contributed by atoms with van der Waals surface area (Å²) in [6.07, 6.45) is 0. The maximum Gasteiger partial charge on any atom is 0.203 e. The summed E-state index contributed by atoms with van der Waals surface area (Å²) in [6.45, 7) is 0. The number of fused-ring (bicyclic) bond motifs is 1. The number of rotatable bonds is 5. The Bertz CT molecular complexity index is 1150. The number of aromatic nitrogens is 2.